The minimum Gasteiger partial charge on any atom is -0.304 e. The summed E-state index contributed by atoms with van der Waals surface area (Å²) in [7, 11) is 4.03. The zero-order valence-corrected chi connectivity index (χ0v) is 12.1. The van der Waals surface area contributed by atoms with Gasteiger partial charge in [0.15, 0.2) is 0 Å². The van der Waals surface area contributed by atoms with Gasteiger partial charge in [-0.1, -0.05) is 6.08 Å². The Hall–Kier alpha value is -2.05. The molecule has 1 aromatic carbocycles. The second kappa shape index (κ2) is 6.40. The third-order valence-electron chi connectivity index (χ3n) is 2.67. The Labute approximate surface area is 121 Å². The number of hydrogen-bond donors (Lipinski definition) is 0. The highest BCUT2D eigenvalue weighted by Crippen LogP contribution is 2.18. The maximum atomic E-state index is 10.6. The summed E-state index contributed by atoms with van der Waals surface area (Å²) in [6.45, 7) is 0.852. The molecule has 0 bridgehead atoms. The van der Waals surface area contributed by atoms with Crippen molar-refractivity contribution in [1.29, 1.82) is 0 Å². The van der Waals surface area contributed by atoms with E-state index in [9.17, 15) is 10.1 Å². The molecule has 6 heteroatoms. The fourth-order valence-corrected chi connectivity index (χ4v) is 2.57. The van der Waals surface area contributed by atoms with Crippen molar-refractivity contribution in [2.45, 2.75) is 6.54 Å². The molecule has 0 amide bonds. The standard InChI is InChI=1S/C14H15N3O2S/c1-16(2)9-14-13(15-10-20-14)8-5-11-3-6-12(7-4-11)17(18)19/h3-8,10H,9H2,1-2H3/b8-5-. The van der Waals surface area contributed by atoms with E-state index >= 15 is 0 Å². The molecule has 0 spiro atoms. The van der Waals surface area contributed by atoms with Crippen molar-refractivity contribution >= 4 is 29.2 Å². The first-order valence-corrected chi connectivity index (χ1v) is 6.94. The zero-order chi connectivity index (χ0) is 14.5. The Kier molecular flexibility index (Phi) is 4.60. The SMILES string of the molecule is CN(C)Cc1scnc1/C=C\c1ccc([N+](=O)[O-])cc1. The number of nitro benzene ring substituents is 1. The summed E-state index contributed by atoms with van der Waals surface area (Å²) in [5.41, 5.74) is 3.79. The van der Waals surface area contributed by atoms with Gasteiger partial charge >= 0.3 is 0 Å². The molecule has 0 fully saturated rings. The van der Waals surface area contributed by atoms with Crippen molar-refractivity contribution in [2.24, 2.45) is 0 Å². The lowest BCUT2D eigenvalue weighted by molar-refractivity contribution is -0.384. The van der Waals surface area contributed by atoms with E-state index in [1.54, 1.807) is 23.5 Å². The highest BCUT2D eigenvalue weighted by Gasteiger charge is 2.05. The lowest BCUT2D eigenvalue weighted by atomic mass is 10.2. The van der Waals surface area contributed by atoms with E-state index in [-0.39, 0.29) is 5.69 Å². The largest absolute Gasteiger partial charge is 0.304 e. The number of nitrogens with zero attached hydrogens (tertiary/aromatic N) is 3. The molecule has 0 saturated carbocycles. The van der Waals surface area contributed by atoms with Gasteiger partial charge in [-0.15, -0.1) is 11.3 Å². The van der Waals surface area contributed by atoms with Crippen LogP contribution in [-0.4, -0.2) is 28.9 Å². The van der Waals surface area contributed by atoms with Gasteiger partial charge in [-0.25, -0.2) is 4.98 Å². The Morgan fingerprint density at radius 1 is 1.30 bits per heavy atom. The molecule has 2 rings (SSSR count). The molecule has 1 heterocycles. The number of aromatic nitrogens is 1. The number of hydrogen-bond acceptors (Lipinski definition) is 5. The Balaban J connectivity index is 2.13. The lowest BCUT2D eigenvalue weighted by Crippen LogP contribution is -2.10. The monoisotopic (exact) mass is 289 g/mol. The van der Waals surface area contributed by atoms with E-state index in [1.165, 1.54) is 17.0 Å². The maximum Gasteiger partial charge on any atom is 0.269 e. The molecular formula is C14H15N3O2S. The Morgan fingerprint density at radius 3 is 2.60 bits per heavy atom. The summed E-state index contributed by atoms with van der Waals surface area (Å²) in [5, 5.41) is 10.6. The smallest absolute Gasteiger partial charge is 0.269 e. The van der Waals surface area contributed by atoms with Gasteiger partial charge in [0, 0.05) is 23.6 Å². The van der Waals surface area contributed by atoms with Crippen molar-refractivity contribution in [1.82, 2.24) is 9.88 Å². The molecule has 0 unspecified atom stereocenters. The van der Waals surface area contributed by atoms with Gasteiger partial charge in [-0.05, 0) is 37.9 Å². The maximum absolute atomic E-state index is 10.6. The molecule has 2 aromatic rings. The third kappa shape index (κ3) is 3.72. The molecule has 5 nitrogen and oxygen atoms in total. The molecule has 0 aliphatic heterocycles. The fourth-order valence-electron chi connectivity index (χ4n) is 1.70. The topological polar surface area (TPSA) is 59.3 Å². The van der Waals surface area contributed by atoms with E-state index in [0.717, 1.165) is 17.8 Å². The zero-order valence-electron chi connectivity index (χ0n) is 11.3. The minimum atomic E-state index is -0.400. The van der Waals surface area contributed by atoms with Crippen LogP contribution in [0.15, 0.2) is 29.8 Å². The van der Waals surface area contributed by atoms with Crippen LogP contribution in [0.5, 0.6) is 0 Å². The van der Waals surface area contributed by atoms with Crippen LogP contribution in [0.1, 0.15) is 16.1 Å². The van der Waals surface area contributed by atoms with E-state index < -0.39 is 4.92 Å². The number of non-ortho nitro benzene ring substituents is 1. The van der Waals surface area contributed by atoms with Gasteiger partial charge in [0.1, 0.15) is 0 Å². The van der Waals surface area contributed by atoms with Crippen LogP contribution in [0, 0.1) is 10.1 Å². The molecule has 0 N–H and O–H groups in total. The van der Waals surface area contributed by atoms with Crippen molar-refractivity contribution in [3.63, 3.8) is 0 Å². The number of benzene rings is 1. The number of nitro groups is 1. The average molecular weight is 289 g/mol. The van der Waals surface area contributed by atoms with Crippen LogP contribution in [0.3, 0.4) is 0 Å². The fraction of sp³-hybridized carbons (Fsp3) is 0.214. The number of rotatable bonds is 5. The van der Waals surface area contributed by atoms with Gasteiger partial charge in [-0.2, -0.15) is 0 Å². The van der Waals surface area contributed by atoms with Gasteiger partial charge < -0.3 is 4.90 Å². The molecule has 104 valence electrons. The van der Waals surface area contributed by atoms with Gasteiger partial charge in [0.2, 0.25) is 0 Å². The summed E-state index contributed by atoms with van der Waals surface area (Å²) >= 11 is 1.63. The summed E-state index contributed by atoms with van der Waals surface area (Å²) in [6, 6.07) is 6.46. The van der Waals surface area contributed by atoms with Gasteiger partial charge in [0.05, 0.1) is 16.1 Å². The minimum absolute atomic E-state index is 0.101. The summed E-state index contributed by atoms with van der Waals surface area (Å²) < 4.78 is 0. The molecule has 1 aromatic heterocycles. The van der Waals surface area contributed by atoms with Crippen LogP contribution in [0.4, 0.5) is 5.69 Å². The van der Waals surface area contributed by atoms with E-state index in [4.69, 9.17) is 0 Å². The summed E-state index contributed by atoms with van der Waals surface area (Å²) in [6.07, 6.45) is 3.86. The van der Waals surface area contributed by atoms with Crippen molar-refractivity contribution < 1.29 is 4.92 Å². The molecule has 0 atom stereocenters. The summed E-state index contributed by atoms with van der Waals surface area (Å²) in [4.78, 5) is 17.8. The molecular weight excluding hydrogens is 274 g/mol. The van der Waals surface area contributed by atoms with Crippen molar-refractivity contribution in [3.8, 4) is 0 Å². The van der Waals surface area contributed by atoms with Crippen molar-refractivity contribution in [3.05, 3.63) is 56.0 Å². The van der Waals surface area contributed by atoms with E-state index in [0.29, 0.717) is 0 Å². The quantitative estimate of drug-likeness (QED) is 0.626. The first kappa shape index (κ1) is 14.4. The predicted octanol–water partition coefficient (Wildman–Crippen LogP) is 3.28. The third-order valence-corrected chi connectivity index (χ3v) is 3.50. The molecule has 0 radical (unpaired) electrons. The van der Waals surface area contributed by atoms with Gasteiger partial charge in [0.25, 0.3) is 5.69 Å². The van der Waals surface area contributed by atoms with Gasteiger partial charge in [-0.3, -0.25) is 10.1 Å². The van der Waals surface area contributed by atoms with E-state index in [1.807, 2.05) is 31.8 Å². The Morgan fingerprint density at radius 2 is 2.00 bits per heavy atom. The first-order valence-electron chi connectivity index (χ1n) is 6.06. The van der Waals surface area contributed by atoms with Crippen molar-refractivity contribution in [2.75, 3.05) is 14.1 Å². The lowest BCUT2D eigenvalue weighted by Gasteiger charge is -2.07. The number of thiazole rings is 1. The van der Waals surface area contributed by atoms with Crippen LogP contribution >= 0.6 is 11.3 Å². The summed E-state index contributed by atoms with van der Waals surface area (Å²) in [5.74, 6) is 0. The second-order valence-corrected chi connectivity index (χ2v) is 5.52. The predicted molar refractivity (Wildman–Crippen MR) is 81.5 cm³/mol. The Bertz CT molecular complexity index is 618. The molecule has 0 saturated heterocycles. The van der Waals surface area contributed by atoms with Crippen LogP contribution in [0.25, 0.3) is 12.2 Å². The second-order valence-electron chi connectivity index (χ2n) is 4.58. The average Bonchev–Trinajstić information content (AvgIpc) is 2.83. The van der Waals surface area contributed by atoms with Crippen LogP contribution < -0.4 is 0 Å². The highest BCUT2D eigenvalue weighted by atomic mass is 32.1. The molecule has 0 aliphatic rings. The molecule has 20 heavy (non-hydrogen) atoms. The highest BCUT2D eigenvalue weighted by molar-refractivity contribution is 7.09. The first-order chi connectivity index (χ1) is 9.56. The molecule has 0 aliphatic carbocycles. The normalized spacial score (nSPS) is 11.3. The van der Waals surface area contributed by atoms with Crippen LogP contribution in [0.2, 0.25) is 0 Å². The van der Waals surface area contributed by atoms with E-state index in [2.05, 4.69) is 9.88 Å². The van der Waals surface area contributed by atoms with Crippen LogP contribution in [-0.2, 0) is 6.54 Å².